The SMILES string of the molecule is CC1C=NC(=O)N[C]1N. The van der Waals surface area contributed by atoms with Crippen LogP contribution in [-0.4, -0.2) is 12.2 Å². The van der Waals surface area contributed by atoms with Crippen molar-refractivity contribution in [1.29, 1.82) is 0 Å². The summed E-state index contributed by atoms with van der Waals surface area (Å²) in [5, 5.41) is 2.39. The number of rotatable bonds is 0. The van der Waals surface area contributed by atoms with Crippen LogP contribution >= 0.6 is 0 Å². The van der Waals surface area contributed by atoms with Crippen LogP contribution in [0.2, 0.25) is 0 Å². The molecule has 49 valence electrons. The zero-order valence-corrected chi connectivity index (χ0v) is 5.09. The summed E-state index contributed by atoms with van der Waals surface area (Å²) >= 11 is 0. The number of amides is 2. The number of nitrogens with two attached hydrogens (primary N) is 1. The molecule has 0 aromatic heterocycles. The number of carbonyl (C=O) groups excluding carboxylic acids is 1. The highest BCUT2D eigenvalue weighted by Crippen LogP contribution is 2.05. The highest BCUT2D eigenvalue weighted by atomic mass is 16.2. The average Bonchev–Trinajstić information content (AvgIpc) is 1.80. The molecule has 3 N–H and O–H groups in total. The van der Waals surface area contributed by atoms with Crippen LogP contribution in [0.3, 0.4) is 0 Å². The van der Waals surface area contributed by atoms with E-state index in [2.05, 4.69) is 10.3 Å². The number of urea groups is 1. The van der Waals surface area contributed by atoms with Crippen LogP contribution in [0.1, 0.15) is 6.92 Å². The molecule has 1 rings (SSSR count). The highest BCUT2D eigenvalue weighted by molar-refractivity contribution is 5.88. The van der Waals surface area contributed by atoms with E-state index in [1.165, 1.54) is 6.21 Å². The summed E-state index contributed by atoms with van der Waals surface area (Å²) < 4.78 is 0. The molecule has 1 heterocycles. The van der Waals surface area contributed by atoms with Gasteiger partial charge in [0.15, 0.2) is 0 Å². The average molecular weight is 126 g/mol. The lowest BCUT2D eigenvalue weighted by molar-refractivity contribution is 0.247. The first-order chi connectivity index (χ1) is 4.20. The van der Waals surface area contributed by atoms with Crippen molar-refractivity contribution in [3.8, 4) is 0 Å². The van der Waals surface area contributed by atoms with Gasteiger partial charge in [-0.25, -0.2) is 9.79 Å². The number of carbonyl (C=O) groups is 1. The Morgan fingerprint density at radius 2 is 2.56 bits per heavy atom. The van der Waals surface area contributed by atoms with E-state index in [1.54, 1.807) is 0 Å². The Balaban J connectivity index is 2.65. The Morgan fingerprint density at radius 1 is 1.89 bits per heavy atom. The van der Waals surface area contributed by atoms with Crippen LogP contribution in [0.4, 0.5) is 4.79 Å². The molecule has 0 spiro atoms. The zero-order valence-electron chi connectivity index (χ0n) is 5.09. The first-order valence-electron chi connectivity index (χ1n) is 2.67. The second kappa shape index (κ2) is 2.14. The largest absolute Gasteiger partial charge is 0.342 e. The van der Waals surface area contributed by atoms with Gasteiger partial charge < -0.3 is 11.1 Å². The standard InChI is InChI=1S/C5H8N3O/c1-3-2-7-5(9)8-4(3)6/h2-3H,6H2,1H3,(H,8,9). The van der Waals surface area contributed by atoms with E-state index >= 15 is 0 Å². The lowest BCUT2D eigenvalue weighted by Gasteiger charge is -2.18. The van der Waals surface area contributed by atoms with Crippen LogP contribution in [0, 0.1) is 12.1 Å². The van der Waals surface area contributed by atoms with E-state index in [0.717, 1.165) is 0 Å². The lowest BCUT2D eigenvalue weighted by Crippen LogP contribution is -2.40. The van der Waals surface area contributed by atoms with E-state index in [-0.39, 0.29) is 11.9 Å². The minimum atomic E-state index is -0.384. The van der Waals surface area contributed by atoms with E-state index in [1.807, 2.05) is 6.92 Å². The monoisotopic (exact) mass is 126 g/mol. The molecule has 1 aliphatic heterocycles. The Bertz CT molecular complexity index is 154. The first kappa shape index (κ1) is 6.22. The third kappa shape index (κ3) is 1.26. The molecule has 1 aliphatic rings. The maximum Gasteiger partial charge on any atom is 0.342 e. The van der Waals surface area contributed by atoms with Gasteiger partial charge in [-0.3, -0.25) is 0 Å². The zero-order chi connectivity index (χ0) is 6.85. The molecule has 0 saturated heterocycles. The van der Waals surface area contributed by atoms with Crippen molar-refractivity contribution in [3.63, 3.8) is 0 Å². The fourth-order valence-electron chi connectivity index (χ4n) is 0.529. The lowest BCUT2D eigenvalue weighted by atomic mass is 10.1. The minimum Gasteiger partial charge on any atom is -0.314 e. The van der Waals surface area contributed by atoms with Gasteiger partial charge in [-0.05, 0) is 0 Å². The molecular formula is C5H8N3O. The van der Waals surface area contributed by atoms with Gasteiger partial charge in [0, 0.05) is 12.1 Å². The predicted molar refractivity (Wildman–Crippen MR) is 33.6 cm³/mol. The normalized spacial score (nSPS) is 28.2. The van der Waals surface area contributed by atoms with Crippen LogP contribution in [0.5, 0.6) is 0 Å². The Morgan fingerprint density at radius 3 is 3.00 bits per heavy atom. The first-order valence-corrected chi connectivity index (χ1v) is 2.67. The Labute approximate surface area is 53.1 Å². The molecule has 0 aromatic carbocycles. The van der Waals surface area contributed by atoms with Gasteiger partial charge >= 0.3 is 6.03 Å². The Kier molecular flexibility index (Phi) is 1.48. The maximum atomic E-state index is 10.4. The van der Waals surface area contributed by atoms with Gasteiger partial charge in [0.1, 0.15) is 6.17 Å². The molecule has 2 amide bonds. The van der Waals surface area contributed by atoms with Gasteiger partial charge in [-0.2, -0.15) is 0 Å². The summed E-state index contributed by atoms with van der Waals surface area (Å²) in [6, 6.07) is -0.384. The van der Waals surface area contributed by atoms with Crippen LogP contribution in [-0.2, 0) is 0 Å². The van der Waals surface area contributed by atoms with Crippen LogP contribution in [0.15, 0.2) is 4.99 Å². The van der Waals surface area contributed by atoms with Crippen molar-refractivity contribution >= 4 is 12.2 Å². The van der Waals surface area contributed by atoms with E-state index < -0.39 is 0 Å². The van der Waals surface area contributed by atoms with Crippen molar-refractivity contribution < 1.29 is 4.79 Å². The van der Waals surface area contributed by atoms with Gasteiger partial charge in [0.2, 0.25) is 0 Å². The number of hydrogen-bond acceptors (Lipinski definition) is 2. The van der Waals surface area contributed by atoms with Crippen molar-refractivity contribution in [2.45, 2.75) is 6.92 Å². The summed E-state index contributed by atoms with van der Waals surface area (Å²) in [7, 11) is 0. The summed E-state index contributed by atoms with van der Waals surface area (Å²) in [6.07, 6.45) is 1.99. The number of nitrogens with one attached hydrogen (secondary N) is 1. The number of aliphatic imine (C=N–C) groups is 1. The quantitative estimate of drug-likeness (QED) is 0.474. The topological polar surface area (TPSA) is 67.5 Å². The summed E-state index contributed by atoms with van der Waals surface area (Å²) in [4.78, 5) is 13.9. The molecule has 1 radical (unpaired) electrons. The minimum absolute atomic E-state index is 0.0581. The predicted octanol–water partition coefficient (Wildman–Crippen LogP) is -0.135. The number of nitrogens with zero attached hydrogens (tertiary/aromatic N) is 1. The molecule has 0 bridgehead atoms. The van der Waals surface area contributed by atoms with Crippen molar-refractivity contribution in [2.75, 3.05) is 0 Å². The molecule has 4 nitrogen and oxygen atoms in total. The molecule has 9 heavy (non-hydrogen) atoms. The second-order valence-corrected chi connectivity index (χ2v) is 1.95. The smallest absolute Gasteiger partial charge is 0.314 e. The third-order valence-electron chi connectivity index (χ3n) is 1.16. The second-order valence-electron chi connectivity index (χ2n) is 1.95. The van der Waals surface area contributed by atoms with E-state index in [9.17, 15) is 4.79 Å². The van der Waals surface area contributed by atoms with Crippen molar-refractivity contribution in [3.05, 3.63) is 6.17 Å². The highest BCUT2D eigenvalue weighted by Gasteiger charge is 2.18. The van der Waals surface area contributed by atoms with Crippen molar-refractivity contribution in [2.24, 2.45) is 16.6 Å². The van der Waals surface area contributed by atoms with Gasteiger partial charge in [-0.1, -0.05) is 6.92 Å². The van der Waals surface area contributed by atoms with Crippen LogP contribution in [0.25, 0.3) is 0 Å². The molecule has 0 aromatic rings. The molecule has 1 atom stereocenters. The van der Waals surface area contributed by atoms with Gasteiger partial charge in [0.25, 0.3) is 0 Å². The summed E-state index contributed by atoms with van der Waals surface area (Å²) in [5.74, 6) is 0.0581. The molecule has 0 saturated carbocycles. The Hall–Kier alpha value is -0.900. The molecule has 4 heteroatoms. The van der Waals surface area contributed by atoms with E-state index in [4.69, 9.17) is 5.73 Å². The number of hydrogen-bond donors (Lipinski definition) is 2. The van der Waals surface area contributed by atoms with Gasteiger partial charge in [0.05, 0.1) is 0 Å². The van der Waals surface area contributed by atoms with Crippen molar-refractivity contribution in [1.82, 2.24) is 5.32 Å². The fourth-order valence-corrected chi connectivity index (χ4v) is 0.529. The van der Waals surface area contributed by atoms with E-state index in [0.29, 0.717) is 6.17 Å². The van der Waals surface area contributed by atoms with Crippen LogP contribution < -0.4 is 11.1 Å². The third-order valence-corrected chi connectivity index (χ3v) is 1.16. The summed E-state index contributed by atoms with van der Waals surface area (Å²) in [6.45, 7) is 1.86. The molecular weight excluding hydrogens is 118 g/mol. The fraction of sp³-hybridized carbons (Fsp3) is 0.400. The summed E-state index contributed by atoms with van der Waals surface area (Å²) in [5.41, 5.74) is 5.36. The molecule has 1 unspecified atom stereocenters. The molecule has 0 aliphatic carbocycles. The molecule has 0 fully saturated rings. The van der Waals surface area contributed by atoms with Gasteiger partial charge in [-0.15, -0.1) is 0 Å². The maximum absolute atomic E-state index is 10.4.